The maximum Gasteiger partial charge on any atom is 0.280 e. The lowest BCUT2D eigenvalue weighted by atomic mass is 9.78. The number of aliphatic hydroxyl groups is 2. The van der Waals surface area contributed by atoms with E-state index in [9.17, 15) is 34.2 Å². The monoisotopic (exact) mass is 1350 g/mol. The Morgan fingerprint density at radius 1 is 0.840 bits per heavy atom. The number of nitrogens with zero attached hydrogens (tertiary/aromatic N) is 3. The van der Waals surface area contributed by atoms with E-state index in [0.29, 0.717) is 74.5 Å². The number of nitrogen functional groups attached to an aromatic ring is 1. The summed E-state index contributed by atoms with van der Waals surface area (Å²) in [7, 11) is 4.98. The van der Waals surface area contributed by atoms with Crippen molar-refractivity contribution in [3.05, 3.63) is 52.1 Å². The zero-order chi connectivity index (χ0) is 67.7. The van der Waals surface area contributed by atoms with Gasteiger partial charge in [-0.2, -0.15) is 4.98 Å². The Bertz CT molecular complexity index is 3110. The van der Waals surface area contributed by atoms with Gasteiger partial charge in [0.05, 0.1) is 91.0 Å². The first kappa shape index (κ1) is 73.5. The van der Waals surface area contributed by atoms with Gasteiger partial charge in [0.25, 0.3) is 11.5 Å². The molecule has 0 aliphatic carbocycles. The van der Waals surface area contributed by atoms with Crippen LogP contribution in [-0.4, -0.2) is 183 Å². The maximum atomic E-state index is 13.7. The Morgan fingerprint density at radius 2 is 1.57 bits per heavy atom. The molecule has 20 atom stereocenters. The fourth-order valence-corrected chi connectivity index (χ4v) is 17.3. The van der Waals surface area contributed by atoms with Gasteiger partial charge < -0.3 is 81.4 Å². The van der Waals surface area contributed by atoms with Crippen LogP contribution in [0.3, 0.4) is 0 Å². The highest BCUT2D eigenvalue weighted by molar-refractivity contribution is 8.76. The maximum absolute atomic E-state index is 13.7. The van der Waals surface area contributed by atoms with Gasteiger partial charge in [0.2, 0.25) is 23.7 Å². The van der Waals surface area contributed by atoms with Crippen molar-refractivity contribution >= 4 is 68.0 Å². The van der Waals surface area contributed by atoms with E-state index in [1.807, 2.05) is 13.8 Å². The quantitative estimate of drug-likeness (QED) is 0.0286. The second-order valence-corrected chi connectivity index (χ2v) is 30.8. The normalized spacial score (nSPS) is 34.9. The number of carbonyl (C=O) groups is 4. The minimum atomic E-state index is -1.58. The molecule has 6 fully saturated rings. The van der Waals surface area contributed by atoms with Crippen LogP contribution in [0.2, 0.25) is 0 Å². The summed E-state index contributed by atoms with van der Waals surface area (Å²) in [5.41, 5.74) is 11.6. The van der Waals surface area contributed by atoms with E-state index < -0.39 is 41.0 Å². The van der Waals surface area contributed by atoms with Crippen LogP contribution >= 0.6 is 21.6 Å². The number of hydrogen-bond acceptors (Lipinski definition) is 22. The minimum absolute atomic E-state index is 0.0393. The summed E-state index contributed by atoms with van der Waals surface area (Å²) in [5.74, 6) is -2.20. The van der Waals surface area contributed by atoms with E-state index >= 15 is 0 Å². The van der Waals surface area contributed by atoms with E-state index in [4.69, 9.17) is 44.6 Å². The number of rotatable bonds is 29. The summed E-state index contributed by atoms with van der Waals surface area (Å²) in [4.78, 5) is 79.9. The molecular weight excluding hydrogens is 1250 g/mol. The largest absolute Gasteiger partial charge is 0.391 e. The van der Waals surface area contributed by atoms with Gasteiger partial charge in [-0.05, 0) is 127 Å². The van der Waals surface area contributed by atoms with Crippen molar-refractivity contribution in [3.63, 3.8) is 0 Å². The number of methoxy groups -OCH3 is 1. The molecule has 2 aromatic heterocycles. The number of benzene rings is 1. The van der Waals surface area contributed by atoms with Crippen molar-refractivity contribution in [3.8, 4) is 0 Å². The highest BCUT2D eigenvalue weighted by Crippen LogP contribution is 2.57. The number of hydrogen-bond donors (Lipinski definition) is 10. The van der Waals surface area contributed by atoms with Gasteiger partial charge in [-0.15, -0.1) is 0 Å². The molecule has 3 aromatic rings. The van der Waals surface area contributed by atoms with Gasteiger partial charge in [-0.1, -0.05) is 70.1 Å². The van der Waals surface area contributed by atoms with E-state index in [0.717, 1.165) is 50.6 Å². The second-order valence-electron chi connectivity index (χ2n) is 28.1. The van der Waals surface area contributed by atoms with Gasteiger partial charge in [0, 0.05) is 86.5 Å². The predicted molar refractivity (Wildman–Crippen MR) is 360 cm³/mol. The Labute approximate surface area is 560 Å². The lowest BCUT2D eigenvalue weighted by Gasteiger charge is -2.50. The molecule has 6 saturated heterocycles. The predicted octanol–water partition coefficient (Wildman–Crippen LogP) is 5.89. The molecule has 25 nitrogen and oxygen atoms in total. The molecule has 1 aromatic carbocycles. The first-order chi connectivity index (χ1) is 44.8. The fourth-order valence-electron chi connectivity index (χ4n) is 15.5. The number of amides is 4. The van der Waals surface area contributed by atoms with Crippen LogP contribution in [0.15, 0.2) is 35.3 Å². The number of fused-ring (bicyclic) bond motifs is 1. The molecule has 0 saturated carbocycles. The molecular formula is C67H105N11O14S2. The van der Waals surface area contributed by atoms with Crippen LogP contribution in [-0.2, 0) is 54.1 Å². The molecule has 0 bridgehead atoms. The van der Waals surface area contributed by atoms with Crippen molar-refractivity contribution in [2.75, 3.05) is 62.5 Å². The molecule has 12 N–H and O–H groups in total. The SMILES string of the molecule is COC1C[C@@H](C[C@H]2CCC(C)C([C@@H](C)C(=O)NCCSSCCNC(=O)C(CCCN)NC(=O)CCCNC(=O)c3ccc(NCc4cnc5nc(N)[nH]c(=O)c5n4)cc3)O2)O[C@]2(O[C@@](C)(C3CC[C@@](C)(C4O[C@@H]([C@@H]5O[C@@](O)(CO)C(C)C[C@@H]5C)CC4C)O3)C[C@H]2C)[C@@H]1C. The zero-order valence-electron chi connectivity index (χ0n) is 56.6. The molecule has 6 aliphatic rings. The number of nitrogens with one attached hydrogen (secondary N) is 6. The van der Waals surface area contributed by atoms with Gasteiger partial charge >= 0.3 is 0 Å². The first-order valence-electron chi connectivity index (χ1n) is 34.1. The van der Waals surface area contributed by atoms with Crippen LogP contribution in [0, 0.1) is 41.4 Å². The lowest BCUT2D eigenvalue weighted by molar-refractivity contribution is -0.353. The summed E-state index contributed by atoms with van der Waals surface area (Å²) in [5, 5.41) is 36.2. The molecule has 9 rings (SSSR count). The summed E-state index contributed by atoms with van der Waals surface area (Å²) in [6, 6.07) is 6.08. The topological polar surface area (TPSA) is 357 Å². The summed E-state index contributed by atoms with van der Waals surface area (Å²) in [6.45, 7) is 20.5. The van der Waals surface area contributed by atoms with Gasteiger partial charge in [-0.25, -0.2) is 9.97 Å². The Morgan fingerprint density at radius 3 is 2.29 bits per heavy atom. The fraction of sp³-hybridized carbons (Fsp3) is 0.761. The highest BCUT2D eigenvalue weighted by Gasteiger charge is 2.65. The summed E-state index contributed by atoms with van der Waals surface area (Å²) >= 11 is 0. The van der Waals surface area contributed by atoms with Gasteiger partial charge in [-0.3, -0.25) is 29.0 Å². The van der Waals surface area contributed by atoms with E-state index in [-0.39, 0.29) is 151 Å². The number of carbonyl (C=O) groups excluding carboxylic acids is 4. The smallest absolute Gasteiger partial charge is 0.280 e. The molecule has 524 valence electrons. The second kappa shape index (κ2) is 32.3. The Hall–Kier alpha value is -4.78. The third kappa shape index (κ3) is 17.4. The van der Waals surface area contributed by atoms with Crippen LogP contribution in [0.1, 0.15) is 162 Å². The van der Waals surface area contributed by atoms with E-state index in [1.165, 1.54) is 6.20 Å². The van der Waals surface area contributed by atoms with Crippen molar-refractivity contribution in [1.82, 2.24) is 41.2 Å². The third-order valence-corrected chi connectivity index (χ3v) is 23.2. The number of aromatic nitrogens is 4. The van der Waals surface area contributed by atoms with Crippen molar-refractivity contribution in [1.29, 1.82) is 0 Å². The number of ether oxygens (including phenoxy) is 7. The average Bonchev–Trinajstić information content (AvgIpc) is 1.56. The average molecular weight is 1350 g/mol. The summed E-state index contributed by atoms with van der Waals surface area (Å²) < 4.78 is 48.1. The highest BCUT2D eigenvalue weighted by atomic mass is 33.1. The van der Waals surface area contributed by atoms with Crippen LogP contribution in [0.5, 0.6) is 0 Å². The standard InChI is InChI=1S/C67H105N11O14S2/c1-37-15-20-47(31-48-32-50(86-10)43(7)67(89-48)41(5)33-65(9,92-67)52-21-22-64(8,90-52)57-39(3)30-51(88-57)56-38(2)29-40(4)66(85,36-79)91-56)87-55(37)42(6)59(81)71-25-27-93-94-28-26-72-61(83)49(13-11-23-68)76-53(80)14-12-24-70-60(82)44-16-18-45(19-17-44)73-34-46-35-74-58-54(75-46)62(84)78-63(69)77-58/h16-19,35,37-43,47-52,55-57,73,79,85H,11-15,20-34,36,68H2,1-10H3,(H,70,82)(H,71,81)(H,72,83)(H,76,80)(H3,69,74,77,78,84)/t37?,38-,39?,40?,41+,42+,43+,47+,48+,49?,50?,51+,52?,55?,56+,57?,64-,65+,66-,67+/m0/s1. The molecule has 6 aliphatic heterocycles. The minimum Gasteiger partial charge on any atom is -0.391 e. The number of H-pyrrole nitrogens is 1. The molecule has 94 heavy (non-hydrogen) atoms. The third-order valence-electron chi connectivity index (χ3n) is 20.8. The Kier molecular flexibility index (Phi) is 25.2. The zero-order valence-corrected chi connectivity index (χ0v) is 58.2. The van der Waals surface area contributed by atoms with Crippen molar-refractivity contribution in [2.45, 2.75) is 230 Å². The Balaban J connectivity index is 0.653. The number of anilines is 2. The molecule has 8 heterocycles. The summed E-state index contributed by atoms with van der Waals surface area (Å²) in [6.07, 6.45) is 8.36. The van der Waals surface area contributed by atoms with Crippen LogP contribution < -0.4 is 43.6 Å². The van der Waals surface area contributed by atoms with Crippen molar-refractivity contribution < 1.29 is 62.5 Å². The number of nitrogens with two attached hydrogens (primary N) is 2. The van der Waals surface area contributed by atoms with Crippen LogP contribution in [0.25, 0.3) is 11.2 Å². The molecule has 27 heteroatoms. The van der Waals surface area contributed by atoms with Gasteiger partial charge in [0.1, 0.15) is 6.04 Å². The molecule has 1 spiro atoms. The molecule has 4 amide bonds. The number of aromatic amines is 1. The van der Waals surface area contributed by atoms with Crippen LogP contribution in [0.4, 0.5) is 11.6 Å². The molecule has 8 unspecified atom stereocenters. The van der Waals surface area contributed by atoms with Crippen molar-refractivity contribution in [2.24, 2.45) is 47.2 Å². The van der Waals surface area contributed by atoms with E-state index in [1.54, 1.807) is 53.0 Å². The van der Waals surface area contributed by atoms with E-state index in [2.05, 4.69) is 95.0 Å². The van der Waals surface area contributed by atoms with Gasteiger partial charge in [0.15, 0.2) is 22.7 Å². The first-order valence-corrected chi connectivity index (χ1v) is 36.6. The lowest BCUT2D eigenvalue weighted by Crippen LogP contribution is -2.58. The number of aliphatic hydroxyl groups excluding tert-OH is 1. The molecule has 0 radical (unpaired) electrons.